The van der Waals surface area contributed by atoms with Gasteiger partial charge in [0.1, 0.15) is 18.0 Å². The van der Waals surface area contributed by atoms with Crippen molar-refractivity contribution in [1.82, 2.24) is 9.99 Å². The first-order chi connectivity index (χ1) is 19.6. The fraction of sp³-hybridized carbons (Fsp3) is 0.226. The van der Waals surface area contributed by atoms with Gasteiger partial charge < -0.3 is 14.0 Å². The lowest BCUT2D eigenvalue weighted by Gasteiger charge is -2.25. The van der Waals surface area contributed by atoms with Crippen LogP contribution in [0.4, 0.5) is 5.69 Å². The number of aryl methyl sites for hydroxylation is 3. The molecule has 9 nitrogen and oxygen atoms in total. The van der Waals surface area contributed by atoms with E-state index in [4.69, 9.17) is 9.47 Å². The summed E-state index contributed by atoms with van der Waals surface area (Å²) in [7, 11) is -1.21. The summed E-state index contributed by atoms with van der Waals surface area (Å²) in [6.45, 7) is 7.61. The van der Waals surface area contributed by atoms with Gasteiger partial charge in [0, 0.05) is 22.6 Å². The van der Waals surface area contributed by atoms with E-state index in [1.165, 1.54) is 31.9 Å². The van der Waals surface area contributed by atoms with Gasteiger partial charge in [0.2, 0.25) is 0 Å². The van der Waals surface area contributed by atoms with E-state index < -0.39 is 22.5 Å². The van der Waals surface area contributed by atoms with Crippen LogP contribution in [-0.2, 0) is 14.8 Å². The van der Waals surface area contributed by atoms with Crippen molar-refractivity contribution in [3.63, 3.8) is 0 Å². The molecule has 4 rings (SSSR count). The highest BCUT2D eigenvalue weighted by atomic mass is 32.2. The van der Waals surface area contributed by atoms with Gasteiger partial charge in [0.15, 0.2) is 0 Å². The summed E-state index contributed by atoms with van der Waals surface area (Å²) in [5.41, 5.74) is 8.93. The van der Waals surface area contributed by atoms with Crippen LogP contribution in [0.3, 0.4) is 0 Å². The second kappa shape index (κ2) is 12.3. The van der Waals surface area contributed by atoms with E-state index in [2.05, 4.69) is 47.1 Å². The number of hydrogen-bond acceptors (Lipinski definition) is 6. The number of sulfonamides is 1. The minimum Gasteiger partial charge on any atom is -0.497 e. The minimum atomic E-state index is -4.15. The number of rotatable bonds is 10. The van der Waals surface area contributed by atoms with Crippen molar-refractivity contribution in [1.29, 1.82) is 0 Å². The van der Waals surface area contributed by atoms with Crippen molar-refractivity contribution in [3.8, 4) is 17.2 Å². The molecule has 0 saturated carbocycles. The maximum Gasteiger partial charge on any atom is 0.264 e. The molecule has 214 valence electrons. The Kier molecular flexibility index (Phi) is 8.83. The van der Waals surface area contributed by atoms with E-state index in [1.54, 1.807) is 42.6 Å². The average molecular weight is 575 g/mol. The van der Waals surface area contributed by atoms with E-state index in [0.717, 1.165) is 32.5 Å². The second-order valence-corrected chi connectivity index (χ2v) is 11.5. The van der Waals surface area contributed by atoms with Crippen LogP contribution < -0.4 is 19.2 Å². The maximum absolute atomic E-state index is 13.7. The molecule has 10 heteroatoms. The smallest absolute Gasteiger partial charge is 0.264 e. The third-order valence-electron chi connectivity index (χ3n) is 6.74. The highest BCUT2D eigenvalue weighted by Gasteiger charge is 2.29. The summed E-state index contributed by atoms with van der Waals surface area (Å²) in [6.07, 6.45) is 1.56. The van der Waals surface area contributed by atoms with Gasteiger partial charge in [0.05, 0.1) is 31.0 Å². The van der Waals surface area contributed by atoms with Gasteiger partial charge in [-0.1, -0.05) is 29.8 Å². The third kappa shape index (κ3) is 6.28. The Morgan fingerprint density at radius 3 is 2.32 bits per heavy atom. The molecule has 1 N–H and O–H groups in total. The third-order valence-corrected chi connectivity index (χ3v) is 8.52. The number of hydrogen-bond donors (Lipinski definition) is 1. The van der Waals surface area contributed by atoms with E-state index in [1.807, 2.05) is 19.9 Å². The molecule has 0 aliphatic rings. The zero-order chi connectivity index (χ0) is 29.7. The van der Waals surface area contributed by atoms with Crippen molar-refractivity contribution >= 4 is 27.8 Å². The van der Waals surface area contributed by atoms with Gasteiger partial charge in [-0.25, -0.2) is 13.8 Å². The van der Waals surface area contributed by atoms with Gasteiger partial charge in [-0.3, -0.25) is 9.10 Å². The predicted octanol–water partition coefficient (Wildman–Crippen LogP) is 5.07. The Morgan fingerprint density at radius 1 is 0.951 bits per heavy atom. The summed E-state index contributed by atoms with van der Waals surface area (Å²) in [4.78, 5) is 13.1. The number of carbonyl (C=O) groups is 1. The highest BCUT2D eigenvalue weighted by Crippen LogP contribution is 2.32. The number of para-hydroxylation sites is 2. The highest BCUT2D eigenvalue weighted by molar-refractivity contribution is 7.92. The lowest BCUT2D eigenvalue weighted by molar-refractivity contribution is -0.119. The van der Waals surface area contributed by atoms with Crippen LogP contribution >= 0.6 is 0 Å². The van der Waals surface area contributed by atoms with Crippen molar-refractivity contribution in [2.75, 3.05) is 25.1 Å². The quantitative estimate of drug-likeness (QED) is 0.210. The Balaban J connectivity index is 1.59. The predicted molar refractivity (Wildman–Crippen MR) is 161 cm³/mol. The topological polar surface area (TPSA) is 102 Å². The van der Waals surface area contributed by atoms with Gasteiger partial charge in [-0.05, 0) is 81.8 Å². The molecule has 0 saturated heterocycles. The van der Waals surface area contributed by atoms with E-state index in [0.29, 0.717) is 11.5 Å². The zero-order valence-corrected chi connectivity index (χ0v) is 24.8. The Labute approximate surface area is 241 Å². The first-order valence-electron chi connectivity index (χ1n) is 12.9. The number of aromatic nitrogens is 1. The van der Waals surface area contributed by atoms with Gasteiger partial charge in [-0.2, -0.15) is 5.10 Å². The Morgan fingerprint density at radius 2 is 1.66 bits per heavy atom. The molecule has 1 amide bonds. The van der Waals surface area contributed by atoms with Crippen LogP contribution in [0.2, 0.25) is 0 Å². The minimum absolute atomic E-state index is 0.000605. The number of benzene rings is 3. The molecule has 0 aliphatic heterocycles. The van der Waals surface area contributed by atoms with Gasteiger partial charge >= 0.3 is 0 Å². The largest absolute Gasteiger partial charge is 0.497 e. The van der Waals surface area contributed by atoms with Crippen molar-refractivity contribution in [2.24, 2.45) is 5.10 Å². The summed E-state index contributed by atoms with van der Waals surface area (Å²) < 4.78 is 41.1. The molecule has 0 spiro atoms. The molecule has 41 heavy (non-hydrogen) atoms. The van der Waals surface area contributed by atoms with Crippen LogP contribution in [0.1, 0.15) is 28.1 Å². The van der Waals surface area contributed by atoms with E-state index in [9.17, 15) is 13.2 Å². The molecule has 0 aliphatic carbocycles. The Hall–Kier alpha value is -4.57. The fourth-order valence-corrected chi connectivity index (χ4v) is 6.13. The van der Waals surface area contributed by atoms with Crippen molar-refractivity contribution in [3.05, 3.63) is 101 Å². The van der Waals surface area contributed by atoms with Crippen LogP contribution in [0.25, 0.3) is 5.69 Å². The van der Waals surface area contributed by atoms with Crippen LogP contribution in [-0.4, -0.2) is 45.9 Å². The van der Waals surface area contributed by atoms with E-state index in [-0.39, 0.29) is 10.6 Å². The maximum atomic E-state index is 13.7. The van der Waals surface area contributed by atoms with Crippen LogP contribution in [0.15, 0.2) is 82.8 Å². The molecular weight excluding hydrogens is 540 g/mol. The molecule has 1 aromatic heterocycles. The summed E-state index contributed by atoms with van der Waals surface area (Å²) in [6, 6.07) is 20.8. The monoisotopic (exact) mass is 574 g/mol. The number of carbonyl (C=O) groups excluding carboxylic acids is 1. The first kappa shape index (κ1) is 29.4. The number of amides is 1. The lowest BCUT2D eigenvalue weighted by Crippen LogP contribution is -2.39. The van der Waals surface area contributed by atoms with E-state index >= 15 is 0 Å². The normalized spacial score (nSPS) is 11.5. The zero-order valence-electron chi connectivity index (χ0n) is 24.0. The molecule has 0 fully saturated rings. The first-order valence-corrected chi connectivity index (χ1v) is 14.4. The van der Waals surface area contributed by atoms with Crippen LogP contribution in [0.5, 0.6) is 11.5 Å². The van der Waals surface area contributed by atoms with Crippen molar-refractivity contribution in [2.45, 2.75) is 32.6 Å². The standard InChI is InChI=1S/C31H34N4O5S/c1-21-11-16-28(22(2)17-21)35-23(3)18-25(24(35)4)19-32-33-31(36)20-34(29-9-7-8-10-30(29)40-6)41(37,38)27-14-12-26(39-5)13-15-27/h7-19H,20H2,1-6H3,(H,33,36)/b32-19-. The number of ether oxygens (including phenoxy) is 2. The summed E-state index contributed by atoms with van der Waals surface area (Å²) in [5, 5.41) is 4.15. The second-order valence-electron chi connectivity index (χ2n) is 9.60. The van der Waals surface area contributed by atoms with Crippen LogP contribution in [0, 0.1) is 27.7 Å². The van der Waals surface area contributed by atoms with Gasteiger partial charge in [-0.15, -0.1) is 0 Å². The molecule has 0 atom stereocenters. The number of hydrazone groups is 1. The summed E-state index contributed by atoms with van der Waals surface area (Å²) >= 11 is 0. The molecule has 1 heterocycles. The molecule has 0 bridgehead atoms. The average Bonchev–Trinajstić information content (AvgIpc) is 3.24. The number of nitrogens with one attached hydrogen (secondary N) is 1. The molecular formula is C31H34N4O5S. The SMILES string of the molecule is COc1ccc(S(=O)(=O)N(CC(=O)N/N=C\c2cc(C)n(-c3ccc(C)cc3C)c2C)c2ccccc2OC)cc1. The van der Waals surface area contributed by atoms with Crippen molar-refractivity contribution < 1.29 is 22.7 Å². The number of anilines is 1. The molecule has 3 aromatic carbocycles. The lowest BCUT2D eigenvalue weighted by atomic mass is 10.1. The summed E-state index contributed by atoms with van der Waals surface area (Å²) in [5.74, 6) is 0.198. The fourth-order valence-electron chi connectivity index (χ4n) is 4.70. The Bertz CT molecular complexity index is 1690. The van der Waals surface area contributed by atoms with Gasteiger partial charge in [0.25, 0.3) is 15.9 Å². The molecule has 0 unspecified atom stereocenters. The number of methoxy groups -OCH3 is 2. The molecule has 4 aromatic rings. The molecule has 0 radical (unpaired) electrons. The number of nitrogens with zero attached hydrogens (tertiary/aromatic N) is 3.